The first-order valence-electron chi connectivity index (χ1n) is 7.16. The molecule has 0 unspecified atom stereocenters. The van der Waals surface area contributed by atoms with Crippen molar-refractivity contribution < 1.29 is 14.3 Å². The fourth-order valence-corrected chi connectivity index (χ4v) is 3.26. The molecule has 0 saturated heterocycles. The smallest absolute Gasteiger partial charge is 0.341 e. The van der Waals surface area contributed by atoms with E-state index in [2.05, 4.69) is 15.9 Å². The Balaban J connectivity index is 2.17. The Labute approximate surface area is 138 Å². The number of hydrogen-bond acceptors (Lipinski definition) is 2. The molecule has 1 heterocycles. The van der Waals surface area contributed by atoms with Gasteiger partial charge in [0.15, 0.2) is 0 Å². The minimum absolute atomic E-state index is 0.220. The van der Waals surface area contributed by atoms with Gasteiger partial charge in [0.25, 0.3) is 0 Å². The van der Waals surface area contributed by atoms with Crippen LogP contribution in [0.3, 0.4) is 0 Å². The first kappa shape index (κ1) is 14.4. The molecule has 0 aliphatic heterocycles. The molecule has 0 atom stereocenters. The van der Waals surface area contributed by atoms with Gasteiger partial charge in [-0.25, -0.2) is 9.18 Å². The van der Waals surface area contributed by atoms with Crippen LogP contribution >= 0.6 is 15.9 Å². The van der Waals surface area contributed by atoms with Crippen LogP contribution in [0.1, 0.15) is 29.2 Å². The summed E-state index contributed by atoms with van der Waals surface area (Å²) in [5.74, 6) is -1.66. The highest BCUT2D eigenvalue weighted by molar-refractivity contribution is 9.10. The van der Waals surface area contributed by atoms with Crippen molar-refractivity contribution in [3.63, 3.8) is 0 Å². The Hall–Kier alpha value is -2.21. The Morgan fingerprint density at radius 3 is 2.57 bits per heavy atom. The average molecular weight is 376 g/mol. The van der Waals surface area contributed by atoms with Crippen LogP contribution < -0.4 is 5.43 Å². The van der Waals surface area contributed by atoms with E-state index in [9.17, 15) is 19.1 Å². The second-order valence-corrected chi connectivity index (χ2v) is 6.65. The largest absolute Gasteiger partial charge is 0.477 e. The molecule has 3 aromatic rings. The van der Waals surface area contributed by atoms with Crippen molar-refractivity contribution in [2.24, 2.45) is 0 Å². The van der Waals surface area contributed by atoms with E-state index in [0.29, 0.717) is 20.8 Å². The standard InChI is InChI=1S/C17H11BrFNO3/c18-13-4-9-6-15-11(3-8(9)5-14(13)19)16(21)12(17(22)23)7-20(15)10-1-2-10/h3-7,10H,1-2H2,(H,22,23). The molecule has 116 valence electrons. The van der Waals surface area contributed by atoms with Gasteiger partial charge in [-0.3, -0.25) is 4.79 Å². The highest BCUT2D eigenvalue weighted by Gasteiger charge is 2.26. The summed E-state index contributed by atoms with van der Waals surface area (Å²) in [4.78, 5) is 23.8. The van der Waals surface area contributed by atoms with Crippen LogP contribution in [0.15, 0.2) is 39.7 Å². The number of fused-ring (bicyclic) bond motifs is 2. The molecule has 1 fully saturated rings. The molecule has 0 radical (unpaired) electrons. The van der Waals surface area contributed by atoms with Crippen LogP contribution in [0.2, 0.25) is 0 Å². The number of halogens is 2. The zero-order valence-corrected chi connectivity index (χ0v) is 13.4. The molecule has 0 bridgehead atoms. The second-order valence-electron chi connectivity index (χ2n) is 5.80. The number of rotatable bonds is 2. The fraction of sp³-hybridized carbons (Fsp3) is 0.176. The number of benzene rings is 2. The lowest BCUT2D eigenvalue weighted by atomic mass is 10.0. The van der Waals surface area contributed by atoms with Crippen molar-refractivity contribution in [3.05, 3.63) is 56.5 Å². The van der Waals surface area contributed by atoms with Crippen LogP contribution in [-0.2, 0) is 0 Å². The molecule has 6 heteroatoms. The zero-order chi connectivity index (χ0) is 16.3. The Morgan fingerprint density at radius 1 is 1.22 bits per heavy atom. The summed E-state index contributed by atoms with van der Waals surface area (Å²) in [5, 5.41) is 10.9. The lowest BCUT2D eigenvalue weighted by Crippen LogP contribution is -2.18. The van der Waals surface area contributed by atoms with Crippen LogP contribution in [0.5, 0.6) is 0 Å². The summed E-state index contributed by atoms with van der Waals surface area (Å²) in [6.45, 7) is 0. The summed E-state index contributed by atoms with van der Waals surface area (Å²) < 4.78 is 16.0. The van der Waals surface area contributed by atoms with Crippen molar-refractivity contribution in [2.75, 3.05) is 0 Å². The summed E-state index contributed by atoms with van der Waals surface area (Å²) in [5.41, 5.74) is -0.0931. The van der Waals surface area contributed by atoms with Crippen molar-refractivity contribution in [1.82, 2.24) is 4.57 Å². The summed E-state index contributed by atoms with van der Waals surface area (Å²) >= 11 is 3.16. The number of carboxylic acid groups (broad SMARTS) is 1. The second kappa shape index (κ2) is 4.89. The van der Waals surface area contributed by atoms with Gasteiger partial charge in [-0.1, -0.05) is 0 Å². The molecule has 4 nitrogen and oxygen atoms in total. The summed E-state index contributed by atoms with van der Waals surface area (Å²) in [6.07, 6.45) is 3.35. The SMILES string of the molecule is O=C(O)c1cn(C2CC2)c2cc3cc(Br)c(F)cc3cc2c1=O. The third-order valence-electron chi connectivity index (χ3n) is 4.20. The van der Waals surface area contributed by atoms with E-state index in [4.69, 9.17) is 0 Å². The molecular formula is C17H11BrFNO3. The van der Waals surface area contributed by atoms with E-state index < -0.39 is 17.2 Å². The lowest BCUT2D eigenvalue weighted by Gasteiger charge is -2.12. The van der Waals surface area contributed by atoms with Crippen molar-refractivity contribution in [3.8, 4) is 0 Å². The minimum Gasteiger partial charge on any atom is -0.477 e. The minimum atomic E-state index is -1.24. The van der Waals surface area contributed by atoms with Gasteiger partial charge in [-0.05, 0) is 63.8 Å². The molecule has 4 rings (SSSR count). The molecular weight excluding hydrogens is 365 g/mol. The average Bonchev–Trinajstić information content (AvgIpc) is 3.32. The van der Waals surface area contributed by atoms with Gasteiger partial charge in [-0.15, -0.1) is 0 Å². The lowest BCUT2D eigenvalue weighted by molar-refractivity contribution is 0.0695. The van der Waals surface area contributed by atoms with Gasteiger partial charge >= 0.3 is 5.97 Å². The van der Waals surface area contributed by atoms with Crippen LogP contribution in [-0.4, -0.2) is 15.6 Å². The molecule has 1 aromatic heterocycles. The molecule has 0 spiro atoms. The van der Waals surface area contributed by atoms with Crippen molar-refractivity contribution in [2.45, 2.75) is 18.9 Å². The van der Waals surface area contributed by atoms with Gasteiger partial charge in [-0.2, -0.15) is 0 Å². The van der Waals surface area contributed by atoms with Gasteiger partial charge in [0.05, 0.1) is 9.99 Å². The van der Waals surface area contributed by atoms with E-state index in [1.807, 2.05) is 10.6 Å². The van der Waals surface area contributed by atoms with Gasteiger partial charge in [0.2, 0.25) is 5.43 Å². The summed E-state index contributed by atoms with van der Waals surface area (Å²) in [6, 6.07) is 6.62. The number of aromatic carboxylic acids is 1. The Kier molecular flexibility index (Phi) is 3.06. The third kappa shape index (κ3) is 2.25. The van der Waals surface area contributed by atoms with Crippen LogP contribution in [0, 0.1) is 5.82 Å². The monoisotopic (exact) mass is 375 g/mol. The number of carbonyl (C=O) groups is 1. The topological polar surface area (TPSA) is 59.3 Å². The molecule has 1 N–H and O–H groups in total. The predicted octanol–water partition coefficient (Wildman–Crippen LogP) is 4.09. The van der Waals surface area contributed by atoms with E-state index in [0.717, 1.165) is 18.2 Å². The molecule has 0 amide bonds. The normalized spacial score (nSPS) is 14.5. The number of nitrogens with zero attached hydrogens (tertiary/aromatic N) is 1. The van der Waals surface area contributed by atoms with Crippen LogP contribution in [0.25, 0.3) is 21.7 Å². The van der Waals surface area contributed by atoms with Gasteiger partial charge < -0.3 is 9.67 Å². The predicted molar refractivity (Wildman–Crippen MR) is 88.6 cm³/mol. The van der Waals surface area contributed by atoms with E-state index in [-0.39, 0.29) is 11.6 Å². The zero-order valence-electron chi connectivity index (χ0n) is 11.8. The summed E-state index contributed by atoms with van der Waals surface area (Å²) in [7, 11) is 0. The van der Waals surface area contributed by atoms with Gasteiger partial charge in [0.1, 0.15) is 11.4 Å². The number of hydrogen-bond donors (Lipinski definition) is 1. The highest BCUT2D eigenvalue weighted by Crippen LogP contribution is 2.38. The molecule has 1 aliphatic carbocycles. The highest BCUT2D eigenvalue weighted by atomic mass is 79.9. The van der Waals surface area contributed by atoms with Gasteiger partial charge in [0, 0.05) is 17.6 Å². The third-order valence-corrected chi connectivity index (χ3v) is 4.81. The first-order chi connectivity index (χ1) is 11.0. The van der Waals surface area contributed by atoms with E-state index in [1.165, 1.54) is 12.3 Å². The van der Waals surface area contributed by atoms with Crippen molar-refractivity contribution in [1.29, 1.82) is 0 Å². The maximum absolute atomic E-state index is 13.7. The molecule has 2 aromatic carbocycles. The number of pyridine rings is 1. The number of aromatic nitrogens is 1. The fourth-order valence-electron chi connectivity index (χ4n) is 2.90. The molecule has 23 heavy (non-hydrogen) atoms. The maximum atomic E-state index is 13.7. The van der Waals surface area contributed by atoms with Crippen LogP contribution in [0.4, 0.5) is 4.39 Å². The van der Waals surface area contributed by atoms with E-state index in [1.54, 1.807) is 12.1 Å². The quantitative estimate of drug-likeness (QED) is 0.686. The number of carboxylic acids is 1. The Bertz CT molecular complexity index is 1050. The maximum Gasteiger partial charge on any atom is 0.341 e. The van der Waals surface area contributed by atoms with Crippen molar-refractivity contribution >= 4 is 43.6 Å². The Morgan fingerprint density at radius 2 is 1.91 bits per heavy atom. The van der Waals surface area contributed by atoms with E-state index >= 15 is 0 Å². The first-order valence-corrected chi connectivity index (χ1v) is 7.96. The molecule has 1 aliphatic rings. The molecule has 1 saturated carbocycles.